The summed E-state index contributed by atoms with van der Waals surface area (Å²) in [7, 11) is 0. The predicted octanol–water partition coefficient (Wildman–Crippen LogP) is 5.32. The van der Waals surface area contributed by atoms with Gasteiger partial charge in [-0.25, -0.2) is 10.1 Å². The summed E-state index contributed by atoms with van der Waals surface area (Å²) in [4.78, 5) is 13.0. The van der Waals surface area contributed by atoms with Gasteiger partial charge in [-0.3, -0.25) is 9.97 Å². The van der Waals surface area contributed by atoms with Gasteiger partial charge >= 0.3 is 0 Å². The first-order chi connectivity index (χ1) is 15.9. The summed E-state index contributed by atoms with van der Waals surface area (Å²) in [5.41, 5.74) is 5.79. The summed E-state index contributed by atoms with van der Waals surface area (Å²) >= 11 is 0. The third kappa shape index (κ3) is 7.02. The molecule has 0 fully saturated rings. The minimum Gasteiger partial charge on any atom is -0.393 e. The van der Waals surface area contributed by atoms with Crippen molar-refractivity contribution in [3.05, 3.63) is 89.8 Å². The fourth-order valence-corrected chi connectivity index (χ4v) is 3.22. The molecule has 0 spiro atoms. The van der Waals surface area contributed by atoms with Crippen molar-refractivity contribution in [1.82, 2.24) is 9.97 Å². The SMILES string of the molecule is CC(O)CC(C)O.[C-]#[N+]c1ccc(-c2nc3ccccc3nc2-c2[c-]cc(C#N)cc2)cc1.[Ir]. The van der Waals surface area contributed by atoms with Crippen LogP contribution in [0.2, 0.25) is 0 Å². The Morgan fingerprint density at radius 2 is 1.53 bits per heavy atom. The quantitative estimate of drug-likeness (QED) is 0.299. The van der Waals surface area contributed by atoms with Gasteiger partial charge in [0.15, 0.2) is 5.69 Å². The van der Waals surface area contributed by atoms with E-state index in [9.17, 15) is 0 Å². The Bertz CT molecular complexity index is 1200. The van der Waals surface area contributed by atoms with Gasteiger partial charge in [-0.1, -0.05) is 36.4 Å². The van der Waals surface area contributed by atoms with Crippen LogP contribution in [0, 0.1) is 24.0 Å². The number of benzene rings is 3. The molecule has 4 rings (SSSR count). The van der Waals surface area contributed by atoms with Crippen LogP contribution in [0.5, 0.6) is 0 Å². The Balaban J connectivity index is 0.000000449. The van der Waals surface area contributed by atoms with Crippen LogP contribution in [-0.4, -0.2) is 32.4 Å². The van der Waals surface area contributed by atoms with Gasteiger partial charge in [-0.2, -0.15) is 0 Å². The zero-order valence-corrected chi connectivity index (χ0v) is 21.1. The van der Waals surface area contributed by atoms with Crippen molar-refractivity contribution in [2.45, 2.75) is 32.5 Å². The number of hydrogen-bond acceptors (Lipinski definition) is 5. The number of fused-ring (bicyclic) bond motifs is 1. The minimum absolute atomic E-state index is 0. The number of hydrogen-bond donors (Lipinski definition) is 2. The van der Waals surface area contributed by atoms with E-state index < -0.39 is 0 Å². The van der Waals surface area contributed by atoms with Crippen LogP contribution in [0.3, 0.4) is 0 Å². The van der Waals surface area contributed by atoms with E-state index >= 15 is 0 Å². The zero-order valence-electron chi connectivity index (χ0n) is 18.7. The molecular formula is C27H23IrN4O2-. The Morgan fingerprint density at radius 3 is 1.97 bits per heavy atom. The van der Waals surface area contributed by atoms with Crippen LogP contribution in [0.15, 0.2) is 66.7 Å². The number of nitrogens with zero attached hydrogens (tertiary/aromatic N) is 4. The van der Waals surface area contributed by atoms with Crippen LogP contribution in [0.4, 0.5) is 5.69 Å². The predicted molar refractivity (Wildman–Crippen MR) is 128 cm³/mol. The van der Waals surface area contributed by atoms with Gasteiger partial charge in [0.2, 0.25) is 0 Å². The molecular weight excluding hydrogens is 605 g/mol. The molecule has 7 heteroatoms. The first-order valence-electron chi connectivity index (χ1n) is 10.4. The number of aliphatic hydroxyl groups is 2. The van der Waals surface area contributed by atoms with Gasteiger partial charge in [0, 0.05) is 31.9 Å². The molecule has 4 aromatic rings. The third-order valence-corrected chi connectivity index (χ3v) is 4.72. The van der Waals surface area contributed by atoms with Crippen molar-refractivity contribution in [3.63, 3.8) is 0 Å². The molecule has 0 aliphatic carbocycles. The first-order valence-corrected chi connectivity index (χ1v) is 10.4. The summed E-state index contributed by atoms with van der Waals surface area (Å²) < 4.78 is 0. The van der Waals surface area contributed by atoms with E-state index in [2.05, 4.69) is 17.0 Å². The van der Waals surface area contributed by atoms with Crippen molar-refractivity contribution in [1.29, 1.82) is 5.26 Å². The van der Waals surface area contributed by atoms with Gasteiger partial charge in [0.05, 0.1) is 35.5 Å². The standard InChI is InChI=1S/C22H11N4.C5H12O2.Ir/c1-24-18-12-10-17(11-13-18)22-21(16-8-6-15(14-23)7-9-16)25-19-4-2-3-5-20(19)26-22;1-4(6)3-5(2)7;/h2-8,10-13H;4-7H,3H2,1-2H3;/q-1;;. The van der Waals surface area contributed by atoms with Crippen molar-refractivity contribution < 1.29 is 30.3 Å². The molecule has 0 aliphatic rings. The summed E-state index contributed by atoms with van der Waals surface area (Å²) in [6.45, 7) is 10.4. The molecule has 2 atom stereocenters. The second-order valence-corrected chi connectivity index (χ2v) is 7.60. The number of nitriles is 1. The topological polar surface area (TPSA) is 94.4 Å². The summed E-state index contributed by atoms with van der Waals surface area (Å²) in [6.07, 6.45) is -0.278. The Kier molecular flexibility index (Phi) is 10.0. The molecule has 0 saturated heterocycles. The molecule has 3 aromatic carbocycles. The van der Waals surface area contributed by atoms with Crippen LogP contribution < -0.4 is 0 Å². The fraction of sp³-hybridized carbons (Fsp3) is 0.185. The number of aromatic nitrogens is 2. The molecule has 2 N–H and O–H groups in total. The Morgan fingerprint density at radius 1 is 0.941 bits per heavy atom. The summed E-state index contributed by atoms with van der Waals surface area (Å²) in [6, 6.07) is 25.4. The second-order valence-electron chi connectivity index (χ2n) is 7.60. The third-order valence-electron chi connectivity index (χ3n) is 4.72. The van der Waals surface area contributed by atoms with Crippen molar-refractivity contribution in [3.8, 4) is 28.6 Å². The number of aliphatic hydroxyl groups excluding tert-OH is 2. The molecule has 0 aliphatic heterocycles. The van der Waals surface area contributed by atoms with E-state index in [1.807, 2.05) is 42.5 Å². The average Bonchev–Trinajstić information content (AvgIpc) is 2.83. The molecule has 1 aromatic heterocycles. The summed E-state index contributed by atoms with van der Waals surface area (Å²) in [5, 5.41) is 26.1. The summed E-state index contributed by atoms with van der Waals surface area (Å²) in [5.74, 6) is 0. The molecule has 0 saturated carbocycles. The van der Waals surface area contributed by atoms with Crippen LogP contribution >= 0.6 is 0 Å². The van der Waals surface area contributed by atoms with E-state index in [1.165, 1.54) is 0 Å². The fourth-order valence-electron chi connectivity index (χ4n) is 3.22. The van der Waals surface area contributed by atoms with Crippen LogP contribution in [0.25, 0.3) is 38.4 Å². The van der Waals surface area contributed by atoms with Gasteiger partial charge < -0.3 is 10.2 Å². The van der Waals surface area contributed by atoms with Crippen molar-refractivity contribution >= 4 is 16.7 Å². The van der Waals surface area contributed by atoms with Gasteiger partial charge in [0.25, 0.3) is 0 Å². The van der Waals surface area contributed by atoms with Gasteiger partial charge in [-0.15, -0.1) is 29.8 Å². The monoisotopic (exact) mass is 628 g/mol. The molecule has 2 unspecified atom stereocenters. The Hall–Kier alpha value is -3.45. The van der Waals surface area contributed by atoms with E-state index in [0.29, 0.717) is 23.4 Å². The Labute approximate surface area is 212 Å². The van der Waals surface area contributed by atoms with E-state index in [0.717, 1.165) is 27.9 Å². The van der Waals surface area contributed by atoms with Crippen molar-refractivity contribution in [2.24, 2.45) is 0 Å². The average molecular weight is 628 g/mol. The molecule has 34 heavy (non-hydrogen) atoms. The molecule has 1 radical (unpaired) electrons. The molecule has 173 valence electrons. The second kappa shape index (κ2) is 12.7. The molecule has 0 amide bonds. The maximum absolute atomic E-state index is 9.00. The molecule has 0 bridgehead atoms. The van der Waals surface area contributed by atoms with E-state index in [4.69, 9.17) is 32.0 Å². The largest absolute Gasteiger partial charge is 0.393 e. The van der Waals surface area contributed by atoms with Gasteiger partial charge in [0.1, 0.15) is 0 Å². The molecule has 6 nitrogen and oxygen atoms in total. The first kappa shape index (κ1) is 26.8. The maximum atomic E-state index is 9.00. The number of rotatable bonds is 4. The minimum atomic E-state index is -0.375. The van der Waals surface area contributed by atoms with E-state index in [-0.39, 0.29) is 32.3 Å². The normalized spacial score (nSPS) is 11.7. The zero-order chi connectivity index (χ0) is 23.8. The smallest absolute Gasteiger partial charge is 0.187 e. The van der Waals surface area contributed by atoms with Gasteiger partial charge in [-0.05, 0) is 43.5 Å². The number of para-hydroxylation sites is 2. The molecule has 1 heterocycles. The van der Waals surface area contributed by atoms with Crippen LogP contribution in [-0.2, 0) is 20.1 Å². The van der Waals surface area contributed by atoms with E-state index in [1.54, 1.807) is 38.1 Å². The van der Waals surface area contributed by atoms with Crippen LogP contribution in [0.1, 0.15) is 25.8 Å². The van der Waals surface area contributed by atoms with Crippen molar-refractivity contribution in [2.75, 3.05) is 0 Å². The maximum Gasteiger partial charge on any atom is 0.187 e.